The number of thiazole rings is 1. The molecule has 12 heteroatoms. The number of carbonyl (C=O) groups excluding carboxylic acids is 1. The molecule has 1 saturated heterocycles. The first-order valence-corrected chi connectivity index (χ1v) is 13.9. The minimum atomic E-state index is -3.76. The van der Waals surface area contributed by atoms with Crippen molar-refractivity contribution in [2.45, 2.75) is 17.7 Å². The number of amides is 1. The molecule has 3 heterocycles. The third-order valence-corrected chi connectivity index (χ3v) is 8.17. The molecule has 0 radical (unpaired) electrons. The van der Waals surface area contributed by atoms with E-state index < -0.39 is 10.0 Å². The number of nitrogens with one attached hydrogen (secondary N) is 2. The summed E-state index contributed by atoms with van der Waals surface area (Å²) in [7, 11) is -3.76. The average Bonchev–Trinajstić information content (AvgIpc) is 3.42. The highest BCUT2D eigenvalue weighted by atomic mass is 32.2. The fourth-order valence-corrected chi connectivity index (χ4v) is 5.87. The van der Waals surface area contributed by atoms with E-state index in [0.717, 1.165) is 24.9 Å². The molecule has 2 N–H and O–H groups in total. The van der Waals surface area contributed by atoms with Crippen molar-refractivity contribution in [2.75, 3.05) is 28.0 Å². The van der Waals surface area contributed by atoms with Crippen LogP contribution in [0.15, 0.2) is 77.1 Å². The van der Waals surface area contributed by atoms with Gasteiger partial charge in [0.25, 0.3) is 10.0 Å². The Morgan fingerprint density at radius 2 is 1.81 bits per heavy atom. The minimum Gasteiger partial charge on any atom is -0.354 e. The predicted molar refractivity (Wildman–Crippen MR) is 140 cm³/mol. The van der Waals surface area contributed by atoms with E-state index >= 15 is 0 Å². The number of sulfonamides is 1. The molecule has 1 atom stereocenters. The lowest BCUT2D eigenvalue weighted by Crippen LogP contribution is -2.41. The van der Waals surface area contributed by atoms with Gasteiger partial charge in [0.05, 0.1) is 16.5 Å². The van der Waals surface area contributed by atoms with Gasteiger partial charge in [0.15, 0.2) is 10.9 Å². The Morgan fingerprint density at radius 3 is 2.49 bits per heavy atom. The lowest BCUT2D eigenvalue weighted by molar-refractivity contribution is -0.120. The number of nitrogens with zero attached hydrogens (tertiary/aromatic N) is 4. The second-order valence-electron chi connectivity index (χ2n) is 8.53. The molecule has 0 spiro atoms. The van der Waals surface area contributed by atoms with Gasteiger partial charge in [0.1, 0.15) is 5.82 Å². The van der Waals surface area contributed by atoms with E-state index in [2.05, 4.69) is 25.2 Å². The van der Waals surface area contributed by atoms with Crippen LogP contribution in [-0.2, 0) is 14.8 Å². The lowest BCUT2D eigenvalue weighted by atomic mass is 9.97. The van der Waals surface area contributed by atoms with Crippen LogP contribution in [0.3, 0.4) is 0 Å². The molecular formula is C25H23FN6O3S2. The third kappa shape index (κ3) is 5.92. The normalized spacial score (nSPS) is 15.8. The maximum atomic E-state index is 13.2. The van der Waals surface area contributed by atoms with E-state index in [1.165, 1.54) is 41.8 Å². The Morgan fingerprint density at radius 1 is 1.03 bits per heavy atom. The predicted octanol–water partition coefficient (Wildman–Crippen LogP) is 4.40. The van der Waals surface area contributed by atoms with Crippen LogP contribution in [0.25, 0.3) is 11.3 Å². The largest absolute Gasteiger partial charge is 0.354 e. The summed E-state index contributed by atoms with van der Waals surface area (Å²) < 4.78 is 40.6. The van der Waals surface area contributed by atoms with Gasteiger partial charge in [-0.25, -0.2) is 17.8 Å². The number of hydrogen-bond donors (Lipinski definition) is 2. The Hall–Kier alpha value is -3.90. The van der Waals surface area contributed by atoms with E-state index in [4.69, 9.17) is 0 Å². The summed E-state index contributed by atoms with van der Waals surface area (Å²) in [5.41, 5.74) is 1.93. The van der Waals surface area contributed by atoms with Gasteiger partial charge < -0.3 is 10.2 Å². The monoisotopic (exact) mass is 538 g/mol. The van der Waals surface area contributed by atoms with Crippen molar-refractivity contribution < 1.29 is 17.6 Å². The second kappa shape index (κ2) is 10.6. The number of benzene rings is 2. The Balaban J connectivity index is 1.20. The molecule has 190 valence electrons. The van der Waals surface area contributed by atoms with Crippen LogP contribution in [-0.4, -0.2) is 42.6 Å². The SMILES string of the molecule is O=C(Nc1ccc(S(=O)(=O)Nc2nccs2)cc1)C1CCCN(c2ccc(-c3ccc(F)cc3)nn2)C1. The molecule has 2 aromatic heterocycles. The van der Waals surface area contributed by atoms with Crippen molar-refractivity contribution in [3.63, 3.8) is 0 Å². The number of rotatable bonds is 7. The van der Waals surface area contributed by atoms with Crippen molar-refractivity contribution in [3.05, 3.63) is 78.1 Å². The summed E-state index contributed by atoms with van der Waals surface area (Å²) in [6.45, 7) is 1.24. The highest BCUT2D eigenvalue weighted by Gasteiger charge is 2.27. The quantitative estimate of drug-likeness (QED) is 0.358. The number of hydrogen-bond acceptors (Lipinski definition) is 8. The average molecular weight is 539 g/mol. The van der Waals surface area contributed by atoms with Gasteiger partial charge in [-0.05, 0) is 73.5 Å². The third-order valence-electron chi connectivity index (χ3n) is 5.99. The van der Waals surface area contributed by atoms with E-state index in [1.807, 2.05) is 17.0 Å². The second-order valence-corrected chi connectivity index (χ2v) is 11.1. The summed E-state index contributed by atoms with van der Waals surface area (Å²) in [6.07, 6.45) is 3.07. The summed E-state index contributed by atoms with van der Waals surface area (Å²) in [6, 6.07) is 15.8. The van der Waals surface area contributed by atoms with Gasteiger partial charge in [-0.3, -0.25) is 9.52 Å². The number of carbonyl (C=O) groups is 1. The molecule has 1 fully saturated rings. The number of piperidine rings is 1. The van der Waals surface area contributed by atoms with Crippen LogP contribution in [0.4, 0.5) is 21.0 Å². The number of halogens is 1. The van der Waals surface area contributed by atoms with Crippen molar-refractivity contribution in [1.82, 2.24) is 15.2 Å². The Kier molecular flexibility index (Phi) is 7.10. The van der Waals surface area contributed by atoms with Crippen LogP contribution in [0, 0.1) is 11.7 Å². The first-order valence-electron chi connectivity index (χ1n) is 11.6. The zero-order chi connectivity index (χ0) is 25.8. The van der Waals surface area contributed by atoms with Crippen LogP contribution >= 0.6 is 11.3 Å². The summed E-state index contributed by atoms with van der Waals surface area (Å²) in [5, 5.41) is 13.4. The lowest BCUT2D eigenvalue weighted by Gasteiger charge is -2.32. The highest BCUT2D eigenvalue weighted by Crippen LogP contribution is 2.25. The number of aromatic nitrogens is 3. The van der Waals surface area contributed by atoms with Crippen LogP contribution in [0.2, 0.25) is 0 Å². The maximum absolute atomic E-state index is 13.2. The van der Waals surface area contributed by atoms with E-state index in [-0.39, 0.29) is 27.7 Å². The molecule has 1 aliphatic heterocycles. The molecular weight excluding hydrogens is 515 g/mol. The highest BCUT2D eigenvalue weighted by molar-refractivity contribution is 7.93. The van der Waals surface area contributed by atoms with Crippen molar-refractivity contribution in [2.24, 2.45) is 5.92 Å². The molecule has 0 saturated carbocycles. The molecule has 1 amide bonds. The van der Waals surface area contributed by atoms with Crippen molar-refractivity contribution >= 4 is 43.9 Å². The fraction of sp³-hybridized carbons (Fsp3) is 0.200. The molecule has 1 unspecified atom stereocenters. The molecule has 0 bridgehead atoms. The van der Waals surface area contributed by atoms with Crippen molar-refractivity contribution in [3.8, 4) is 11.3 Å². The van der Waals surface area contributed by atoms with Crippen molar-refractivity contribution in [1.29, 1.82) is 0 Å². The Labute approximate surface area is 217 Å². The van der Waals surface area contributed by atoms with E-state index in [9.17, 15) is 17.6 Å². The van der Waals surface area contributed by atoms with Gasteiger partial charge in [-0.2, -0.15) is 0 Å². The van der Waals surface area contributed by atoms with Gasteiger partial charge in [-0.1, -0.05) is 0 Å². The summed E-state index contributed by atoms with van der Waals surface area (Å²) >= 11 is 1.19. The molecule has 37 heavy (non-hydrogen) atoms. The summed E-state index contributed by atoms with van der Waals surface area (Å²) in [5.74, 6) is -0.0410. The smallest absolute Gasteiger partial charge is 0.263 e. The first kappa shape index (κ1) is 24.8. The Bertz CT molecular complexity index is 1460. The molecule has 9 nitrogen and oxygen atoms in total. The topological polar surface area (TPSA) is 117 Å². The van der Waals surface area contributed by atoms with Gasteiger partial charge in [-0.15, -0.1) is 21.5 Å². The molecule has 1 aliphatic rings. The zero-order valence-corrected chi connectivity index (χ0v) is 21.2. The number of anilines is 3. The molecule has 5 rings (SSSR count). The van der Waals surface area contributed by atoms with Gasteiger partial charge in [0, 0.05) is 35.9 Å². The molecule has 2 aromatic carbocycles. The van der Waals surface area contributed by atoms with Crippen LogP contribution in [0.5, 0.6) is 0 Å². The maximum Gasteiger partial charge on any atom is 0.263 e. The first-order chi connectivity index (χ1) is 17.9. The van der Waals surface area contributed by atoms with E-state index in [1.54, 1.807) is 29.6 Å². The molecule has 4 aromatic rings. The minimum absolute atomic E-state index is 0.0761. The summed E-state index contributed by atoms with van der Waals surface area (Å²) in [4.78, 5) is 19.0. The standard InChI is InChI=1S/C25H23FN6O3S2/c26-19-5-3-17(4-6-19)22-11-12-23(30-29-22)32-14-1-2-18(16-32)24(33)28-20-7-9-21(10-8-20)37(34,35)31-25-27-13-15-36-25/h3-13,15,18H,1-2,14,16H2,(H,27,31)(H,28,33). The molecule has 0 aliphatic carbocycles. The fourth-order valence-electron chi connectivity index (χ4n) is 4.08. The van der Waals surface area contributed by atoms with Gasteiger partial charge >= 0.3 is 0 Å². The zero-order valence-electron chi connectivity index (χ0n) is 19.5. The van der Waals surface area contributed by atoms with Gasteiger partial charge in [0.2, 0.25) is 5.91 Å². The van der Waals surface area contributed by atoms with Crippen LogP contribution < -0.4 is 14.9 Å². The van der Waals surface area contributed by atoms with Crippen LogP contribution in [0.1, 0.15) is 12.8 Å². The van der Waals surface area contributed by atoms with E-state index in [0.29, 0.717) is 23.7 Å².